The molecule has 0 aromatic rings. The predicted octanol–water partition coefficient (Wildman–Crippen LogP) is 6.37. The lowest BCUT2D eigenvalue weighted by molar-refractivity contribution is -0.164. The van der Waals surface area contributed by atoms with E-state index in [9.17, 15) is 24.0 Å². The van der Waals surface area contributed by atoms with Gasteiger partial charge in [0.15, 0.2) is 11.6 Å². The van der Waals surface area contributed by atoms with Crippen LogP contribution in [0.2, 0.25) is 0 Å². The van der Waals surface area contributed by atoms with Gasteiger partial charge in [0, 0.05) is 62.3 Å². The summed E-state index contributed by atoms with van der Waals surface area (Å²) in [6, 6.07) is 0. The van der Waals surface area contributed by atoms with Crippen molar-refractivity contribution in [2.24, 2.45) is 26.8 Å². The van der Waals surface area contributed by atoms with E-state index in [-0.39, 0.29) is 47.1 Å². The molecule has 0 bridgehead atoms. The number of hydrogen-bond donors (Lipinski definition) is 0. The molecule has 256 valence electrons. The van der Waals surface area contributed by atoms with Crippen molar-refractivity contribution < 1.29 is 28.7 Å². The Morgan fingerprint density at radius 1 is 0.867 bits per heavy atom. The Morgan fingerprint density at radius 3 is 1.58 bits per heavy atom. The summed E-state index contributed by atoms with van der Waals surface area (Å²) in [5.41, 5.74) is 7.32. The Morgan fingerprint density at radius 2 is 1.31 bits per heavy atom. The van der Waals surface area contributed by atoms with Gasteiger partial charge in [-0.1, -0.05) is 83.4 Å². The van der Waals surface area contributed by atoms with Crippen molar-refractivity contribution in [1.82, 2.24) is 9.80 Å². The number of esters is 1. The standard InChI is InChI=1S/C11H19BrN2O2.C10H14O4.C7H12.C5H11N3/c1-11(2,3)10(16)14-6-4-13(5-7-14)9(15)8-12;1-10(2,3)9(13)14-8-6(11)4-5-7(8)12;1-5-6-7(2,3)4;1-5(2,3)4-7-8-6/h4-8H2,1-3H3;8H,4-5H2,1-3H3;1H,6H2,2-4H3;4H2,1-3H3. The monoisotopic (exact) mass is 697 g/mol. The molecule has 2 amide bonds. The van der Waals surface area contributed by atoms with Crippen LogP contribution in [0.5, 0.6) is 0 Å². The van der Waals surface area contributed by atoms with Crippen molar-refractivity contribution in [1.29, 1.82) is 0 Å². The second kappa shape index (κ2) is 19.6. The van der Waals surface area contributed by atoms with Crippen LogP contribution in [0.1, 0.15) is 102 Å². The van der Waals surface area contributed by atoms with E-state index in [1.54, 1.807) is 25.7 Å². The number of ether oxygens (including phenoxy) is 1. The number of terminal acetylenes is 1. The van der Waals surface area contributed by atoms with Crippen LogP contribution in [0.4, 0.5) is 0 Å². The Hall–Kier alpha value is -2.90. The molecule has 1 saturated carbocycles. The molecule has 2 aliphatic rings. The lowest BCUT2D eigenvalue weighted by Crippen LogP contribution is -2.53. The first-order valence-electron chi connectivity index (χ1n) is 15.1. The van der Waals surface area contributed by atoms with E-state index >= 15 is 0 Å². The number of nitrogens with zero attached hydrogens (tertiary/aromatic N) is 5. The number of ketones is 2. The number of carbonyl (C=O) groups excluding carboxylic acids is 5. The fraction of sp³-hybridized carbons (Fsp3) is 0.788. The minimum Gasteiger partial charge on any atom is -0.446 e. The third-order valence-electron chi connectivity index (χ3n) is 5.96. The van der Waals surface area contributed by atoms with Crippen molar-refractivity contribution in [3.8, 4) is 12.3 Å². The molecular formula is C33H56BrN5O6. The highest BCUT2D eigenvalue weighted by Gasteiger charge is 2.38. The molecular weight excluding hydrogens is 642 g/mol. The minimum atomic E-state index is -1.14. The second-order valence-electron chi connectivity index (χ2n) is 15.4. The van der Waals surface area contributed by atoms with Gasteiger partial charge in [0.05, 0.1) is 10.7 Å². The van der Waals surface area contributed by atoms with Gasteiger partial charge >= 0.3 is 5.97 Å². The maximum atomic E-state index is 12.0. The first-order chi connectivity index (χ1) is 20.3. The number of piperazine rings is 1. The van der Waals surface area contributed by atoms with Gasteiger partial charge in [-0.15, -0.1) is 12.3 Å². The fourth-order valence-corrected chi connectivity index (χ4v) is 3.73. The average molecular weight is 699 g/mol. The van der Waals surface area contributed by atoms with E-state index in [2.05, 4.69) is 52.6 Å². The molecule has 0 atom stereocenters. The highest BCUT2D eigenvalue weighted by Crippen LogP contribution is 2.21. The zero-order valence-electron chi connectivity index (χ0n) is 29.6. The van der Waals surface area contributed by atoms with E-state index in [0.717, 1.165) is 6.42 Å². The van der Waals surface area contributed by atoms with Crippen LogP contribution in [0, 0.1) is 34.0 Å². The zero-order valence-corrected chi connectivity index (χ0v) is 31.2. The van der Waals surface area contributed by atoms with Crippen LogP contribution < -0.4 is 0 Å². The van der Waals surface area contributed by atoms with Crippen molar-refractivity contribution in [3.63, 3.8) is 0 Å². The summed E-state index contributed by atoms with van der Waals surface area (Å²) < 4.78 is 4.86. The first kappa shape index (κ1) is 44.2. The molecule has 12 heteroatoms. The average Bonchev–Trinajstić information content (AvgIpc) is 3.22. The van der Waals surface area contributed by atoms with Crippen molar-refractivity contribution >= 4 is 45.3 Å². The van der Waals surface area contributed by atoms with Gasteiger partial charge in [0.1, 0.15) is 0 Å². The van der Waals surface area contributed by atoms with E-state index in [0.29, 0.717) is 43.5 Å². The maximum Gasteiger partial charge on any atom is 0.312 e. The largest absolute Gasteiger partial charge is 0.446 e. The SMILES string of the molecule is C#CCC(C)(C)C.CC(C)(C)C(=O)N1CCN(C(=O)CBr)CC1.CC(C)(C)C(=O)OC1C(=O)CCC1=O.CC(C)(C)CN=[N+]=[N-]. The minimum absolute atomic E-state index is 0.0999. The summed E-state index contributed by atoms with van der Waals surface area (Å²) in [6.07, 6.45) is 5.19. The number of amides is 2. The third kappa shape index (κ3) is 20.7. The number of Topliss-reactive ketones (excluding diaryl/α,β-unsaturated/α-hetero) is 2. The molecule has 0 spiro atoms. The molecule has 0 aromatic heterocycles. The molecule has 1 heterocycles. The molecule has 1 aliphatic heterocycles. The molecule has 0 aromatic carbocycles. The van der Waals surface area contributed by atoms with Crippen molar-refractivity contribution in [2.75, 3.05) is 38.1 Å². The summed E-state index contributed by atoms with van der Waals surface area (Å²) >= 11 is 3.15. The topological polar surface area (TPSA) is 150 Å². The smallest absolute Gasteiger partial charge is 0.312 e. The van der Waals surface area contributed by atoms with E-state index in [4.69, 9.17) is 16.7 Å². The Kier molecular flexibility index (Phi) is 19.2. The van der Waals surface area contributed by atoms with E-state index in [1.165, 1.54) is 0 Å². The zero-order chi connectivity index (χ0) is 35.8. The summed E-state index contributed by atoms with van der Waals surface area (Å²) in [4.78, 5) is 63.4. The third-order valence-corrected chi connectivity index (χ3v) is 6.44. The molecule has 2 rings (SSSR count). The Balaban J connectivity index is 0. The quantitative estimate of drug-likeness (QED) is 0.0636. The maximum absolute atomic E-state index is 12.0. The summed E-state index contributed by atoms with van der Waals surface area (Å²) in [5, 5.41) is 3.78. The fourth-order valence-electron chi connectivity index (χ4n) is 3.37. The van der Waals surface area contributed by atoms with Gasteiger partial charge in [0.25, 0.3) is 0 Å². The molecule has 45 heavy (non-hydrogen) atoms. The summed E-state index contributed by atoms with van der Waals surface area (Å²) in [7, 11) is 0. The van der Waals surface area contributed by atoms with E-state index in [1.807, 2.05) is 46.4 Å². The summed E-state index contributed by atoms with van der Waals surface area (Å²) in [5.74, 6) is 1.80. The Labute approximate surface area is 279 Å². The Bertz CT molecular complexity index is 1070. The van der Waals surface area contributed by atoms with Crippen LogP contribution >= 0.6 is 15.9 Å². The molecule has 0 N–H and O–H groups in total. The van der Waals surface area contributed by atoms with Gasteiger partial charge in [0.2, 0.25) is 17.9 Å². The van der Waals surface area contributed by atoms with Gasteiger partial charge in [-0.3, -0.25) is 24.0 Å². The van der Waals surface area contributed by atoms with Crippen LogP contribution in [0.25, 0.3) is 10.4 Å². The molecule has 1 aliphatic carbocycles. The van der Waals surface area contributed by atoms with Crippen molar-refractivity contribution in [3.05, 3.63) is 10.4 Å². The van der Waals surface area contributed by atoms with Gasteiger partial charge in [-0.2, -0.15) is 0 Å². The normalized spacial score (nSPS) is 15.6. The van der Waals surface area contributed by atoms with Gasteiger partial charge in [-0.25, -0.2) is 0 Å². The molecule has 0 unspecified atom stereocenters. The highest BCUT2D eigenvalue weighted by atomic mass is 79.9. The van der Waals surface area contributed by atoms with Crippen LogP contribution in [0.15, 0.2) is 5.11 Å². The predicted molar refractivity (Wildman–Crippen MR) is 181 cm³/mol. The number of carbonyl (C=O) groups is 5. The lowest BCUT2D eigenvalue weighted by atomic mass is 9.93. The lowest BCUT2D eigenvalue weighted by Gasteiger charge is -2.37. The second-order valence-corrected chi connectivity index (χ2v) is 16.0. The number of hydrogen-bond acceptors (Lipinski definition) is 7. The molecule has 11 nitrogen and oxygen atoms in total. The van der Waals surface area contributed by atoms with E-state index < -0.39 is 17.5 Å². The van der Waals surface area contributed by atoms with Crippen molar-refractivity contribution in [2.45, 2.75) is 108 Å². The van der Waals surface area contributed by atoms with Crippen LogP contribution in [-0.2, 0) is 28.7 Å². The van der Waals surface area contributed by atoms with Gasteiger partial charge in [-0.05, 0) is 37.1 Å². The molecule has 1 saturated heterocycles. The number of halogens is 1. The number of azide groups is 1. The number of alkyl halides is 1. The van der Waals surface area contributed by atoms with Gasteiger partial charge < -0.3 is 14.5 Å². The highest BCUT2D eigenvalue weighted by molar-refractivity contribution is 9.09. The first-order valence-corrected chi connectivity index (χ1v) is 16.3. The van der Waals surface area contributed by atoms with Crippen LogP contribution in [0.3, 0.4) is 0 Å². The molecule has 0 radical (unpaired) electrons. The summed E-state index contributed by atoms with van der Waals surface area (Å²) in [6.45, 7) is 26.4. The molecule has 2 fully saturated rings. The number of rotatable bonds is 3. The van der Waals surface area contributed by atoms with Crippen LogP contribution in [-0.4, -0.2) is 83.3 Å².